The molecule has 28 heavy (non-hydrogen) atoms. The first kappa shape index (κ1) is 20.8. The smallest absolute Gasteiger partial charge is 0.338 e. The molecule has 2 heterocycles. The lowest BCUT2D eigenvalue weighted by molar-refractivity contribution is -0.136. The van der Waals surface area contributed by atoms with Gasteiger partial charge in [0.2, 0.25) is 15.9 Å². The molecule has 9 heteroatoms. The van der Waals surface area contributed by atoms with Gasteiger partial charge >= 0.3 is 5.97 Å². The van der Waals surface area contributed by atoms with E-state index in [1.165, 1.54) is 28.6 Å². The fourth-order valence-electron chi connectivity index (χ4n) is 3.63. The summed E-state index contributed by atoms with van der Waals surface area (Å²) in [6.07, 6.45) is 1.19. The molecule has 0 N–H and O–H groups in total. The number of esters is 1. The molecule has 2 aliphatic heterocycles. The number of nitrogens with zero attached hydrogens (tertiary/aromatic N) is 3. The molecule has 0 saturated carbocycles. The van der Waals surface area contributed by atoms with Crippen LogP contribution in [0.25, 0.3) is 0 Å². The normalized spacial score (nSPS) is 21.6. The standard InChI is InChI=1S/C19H27N3O5S/c1-3-27-19(24)15-6-8-16(9-7-15)28(25,26)22-10-4-5-17(22)18(23)21-13-11-20(2)12-14-21/h6-9,17H,3-5,10-14H2,1-2H3/t17-/m0/s1. The number of sulfonamides is 1. The van der Waals surface area contributed by atoms with E-state index >= 15 is 0 Å². The summed E-state index contributed by atoms with van der Waals surface area (Å²) in [5, 5.41) is 0. The molecule has 0 unspecified atom stereocenters. The minimum atomic E-state index is -3.81. The molecule has 0 aliphatic carbocycles. The number of carbonyl (C=O) groups excluding carboxylic acids is 2. The highest BCUT2D eigenvalue weighted by Crippen LogP contribution is 2.28. The van der Waals surface area contributed by atoms with Crippen LogP contribution in [0.1, 0.15) is 30.1 Å². The molecule has 3 rings (SSSR count). The summed E-state index contributed by atoms with van der Waals surface area (Å²) in [5.41, 5.74) is 0.298. The topological polar surface area (TPSA) is 87.2 Å². The van der Waals surface area contributed by atoms with Crippen molar-refractivity contribution < 1.29 is 22.7 Å². The van der Waals surface area contributed by atoms with Gasteiger partial charge in [0, 0.05) is 32.7 Å². The number of hydrogen-bond donors (Lipinski definition) is 0. The maximum Gasteiger partial charge on any atom is 0.338 e. The second kappa shape index (κ2) is 8.59. The maximum atomic E-state index is 13.1. The lowest BCUT2D eigenvalue weighted by atomic mass is 10.2. The number of rotatable bonds is 5. The van der Waals surface area contributed by atoms with Crippen molar-refractivity contribution in [2.24, 2.45) is 0 Å². The minimum absolute atomic E-state index is 0.0821. The summed E-state index contributed by atoms with van der Waals surface area (Å²) in [6, 6.07) is 5.03. The van der Waals surface area contributed by atoms with Gasteiger partial charge < -0.3 is 14.5 Å². The monoisotopic (exact) mass is 409 g/mol. The number of ether oxygens (including phenoxy) is 1. The van der Waals surface area contributed by atoms with Crippen LogP contribution in [-0.2, 0) is 19.6 Å². The highest BCUT2D eigenvalue weighted by atomic mass is 32.2. The molecule has 1 aromatic rings. The third kappa shape index (κ3) is 4.21. The number of hydrogen-bond acceptors (Lipinski definition) is 6. The van der Waals surface area contributed by atoms with Crippen molar-refractivity contribution in [2.75, 3.05) is 46.4 Å². The van der Waals surface area contributed by atoms with E-state index in [4.69, 9.17) is 4.74 Å². The van der Waals surface area contributed by atoms with E-state index in [1.54, 1.807) is 11.8 Å². The summed E-state index contributed by atoms with van der Waals surface area (Å²) >= 11 is 0. The fraction of sp³-hybridized carbons (Fsp3) is 0.579. The molecule has 8 nitrogen and oxygen atoms in total. The lowest BCUT2D eigenvalue weighted by Gasteiger charge is -2.35. The van der Waals surface area contributed by atoms with Crippen molar-refractivity contribution >= 4 is 21.9 Å². The lowest BCUT2D eigenvalue weighted by Crippen LogP contribution is -2.53. The Morgan fingerprint density at radius 1 is 1.07 bits per heavy atom. The van der Waals surface area contributed by atoms with E-state index in [9.17, 15) is 18.0 Å². The number of amides is 1. The predicted octanol–water partition coefficient (Wildman–Crippen LogP) is 0.790. The van der Waals surface area contributed by atoms with Gasteiger partial charge in [0.1, 0.15) is 6.04 Å². The zero-order valence-corrected chi connectivity index (χ0v) is 17.2. The first-order valence-electron chi connectivity index (χ1n) is 9.61. The zero-order chi connectivity index (χ0) is 20.3. The molecule has 2 fully saturated rings. The number of likely N-dealkylation sites (N-methyl/N-ethyl adjacent to an activating group) is 1. The number of carbonyl (C=O) groups is 2. The van der Waals surface area contributed by atoms with Crippen LogP contribution < -0.4 is 0 Å². The van der Waals surface area contributed by atoms with Gasteiger partial charge in [0.25, 0.3) is 0 Å². The van der Waals surface area contributed by atoms with Crippen LogP contribution in [0.4, 0.5) is 0 Å². The second-order valence-electron chi connectivity index (χ2n) is 7.15. The van der Waals surface area contributed by atoms with E-state index in [0.717, 1.165) is 13.1 Å². The Labute approximate surface area is 166 Å². The molecule has 2 aliphatic rings. The Morgan fingerprint density at radius 3 is 2.32 bits per heavy atom. The van der Waals surface area contributed by atoms with Crippen molar-refractivity contribution in [2.45, 2.75) is 30.7 Å². The van der Waals surface area contributed by atoms with Crippen molar-refractivity contribution in [1.82, 2.24) is 14.1 Å². The van der Waals surface area contributed by atoms with Gasteiger partial charge in [-0.05, 0) is 51.1 Å². The average Bonchev–Trinajstić information content (AvgIpc) is 3.19. The van der Waals surface area contributed by atoms with Gasteiger partial charge in [-0.2, -0.15) is 4.31 Å². The molecular weight excluding hydrogens is 382 g/mol. The Kier molecular flexibility index (Phi) is 6.36. The quantitative estimate of drug-likeness (QED) is 0.669. The van der Waals surface area contributed by atoms with Crippen molar-refractivity contribution in [3.05, 3.63) is 29.8 Å². The fourth-order valence-corrected chi connectivity index (χ4v) is 5.28. The summed E-state index contributed by atoms with van der Waals surface area (Å²) in [7, 11) is -1.81. The zero-order valence-electron chi connectivity index (χ0n) is 16.3. The molecule has 0 bridgehead atoms. The average molecular weight is 410 g/mol. The molecule has 0 spiro atoms. The van der Waals surface area contributed by atoms with Crippen LogP contribution >= 0.6 is 0 Å². The second-order valence-corrected chi connectivity index (χ2v) is 9.04. The molecule has 0 aromatic heterocycles. The first-order valence-corrected chi connectivity index (χ1v) is 11.0. The molecular formula is C19H27N3O5S. The minimum Gasteiger partial charge on any atom is -0.462 e. The van der Waals surface area contributed by atoms with E-state index in [0.29, 0.717) is 38.0 Å². The SMILES string of the molecule is CCOC(=O)c1ccc(S(=O)(=O)N2CCC[C@H]2C(=O)N2CCN(C)CC2)cc1. The molecule has 1 amide bonds. The van der Waals surface area contributed by atoms with Gasteiger partial charge in [-0.15, -0.1) is 0 Å². The Balaban J connectivity index is 1.76. The molecule has 0 radical (unpaired) electrons. The van der Waals surface area contributed by atoms with Crippen molar-refractivity contribution in [1.29, 1.82) is 0 Å². The Bertz CT molecular complexity index is 816. The Hall–Kier alpha value is -1.97. The maximum absolute atomic E-state index is 13.1. The largest absolute Gasteiger partial charge is 0.462 e. The van der Waals surface area contributed by atoms with Crippen LogP contribution in [0.5, 0.6) is 0 Å². The van der Waals surface area contributed by atoms with Crippen LogP contribution in [0.2, 0.25) is 0 Å². The number of benzene rings is 1. The predicted molar refractivity (Wildman–Crippen MR) is 103 cm³/mol. The van der Waals surface area contributed by atoms with E-state index in [1.807, 2.05) is 7.05 Å². The van der Waals surface area contributed by atoms with Gasteiger partial charge in [-0.3, -0.25) is 4.79 Å². The van der Waals surface area contributed by atoms with Crippen LogP contribution in [-0.4, -0.2) is 86.8 Å². The molecule has 1 atom stereocenters. The van der Waals surface area contributed by atoms with Gasteiger partial charge in [-0.25, -0.2) is 13.2 Å². The van der Waals surface area contributed by atoms with Gasteiger partial charge in [0.05, 0.1) is 17.1 Å². The highest BCUT2D eigenvalue weighted by Gasteiger charge is 2.41. The van der Waals surface area contributed by atoms with Gasteiger partial charge in [0.15, 0.2) is 0 Å². The number of piperazine rings is 1. The summed E-state index contributed by atoms with van der Waals surface area (Å²) in [4.78, 5) is 28.7. The van der Waals surface area contributed by atoms with Gasteiger partial charge in [-0.1, -0.05) is 0 Å². The summed E-state index contributed by atoms with van der Waals surface area (Å²) in [5.74, 6) is -0.604. The molecule has 154 valence electrons. The summed E-state index contributed by atoms with van der Waals surface area (Å²) < 4.78 is 32.5. The third-order valence-electron chi connectivity index (χ3n) is 5.28. The first-order chi connectivity index (χ1) is 13.3. The van der Waals surface area contributed by atoms with Crippen LogP contribution in [0.15, 0.2) is 29.2 Å². The van der Waals surface area contributed by atoms with Crippen LogP contribution in [0, 0.1) is 0 Å². The third-order valence-corrected chi connectivity index (χ3v) is 7.20. The summed E-state index contributed by atoms with van der Waals surface area (Å²) in [6.45, 7) is 5.11. The Morgan fingerprint density at radius 2 is 1.71 bits per heavy atom. The highest BCUT2D eigenvalue weighted by molar-refractivity contribution is 7.89. The van der Waals surface area contributed by atoms with Crippen molar-refractivity contribution in [3.63, 3.8) is 0 Å². The van der Waals surface area contributed by atoms with Crippen molar-refractivity contribution in [3.8, 4) is 0 Å². The van der Waals surface area contributed by atoms with E-state index in [2.05, 4.69) is 4.90 Å². The molecule has 2 saturated heterocycles. The van der Waals surface area contributed by atoms with Crippen LogP contribution in [0.3, 0.4) is 0 Å². The van der Waals surface area contributed by atoms with E-state index in [-0.39, 0.29) is 17.4 Å². The molecule has 1 aromatic carbocycles. The van der Waals surface area contributed by atoms with E-state index < -0.39 is 22.0 Å².